The summed E-state index contributed by atoms with van der Waals surface area (Å²) < 4.78 is 11.6. The molecule has 29 heavy (non-hydrogen) atoms. The van der Waals surface area contributed by atoms with Crippen LogP contribution in [0, 0.1) is 12.8 Å². The monoisotopic (exact) mass is 428 g/mol. The molecule has 0 radical (unpaired) electrons. The van der Waals surface area contributed by atoms with Gasteiger partial charge in [0.25, 0.3) is 5.91 Å². The van der Waals surface area contributed by atoms with Gasteiger partial charge in [0.05, 0.1) is 29.8 Å². The van der Waals surface area contributed by atoms with Crippen LogP contribution in [0.25, 0.3) is 9.88 Å². The molecule has 2 aromatic heterocycles. The van der Waals surface area contributed by atoms with Crippen molar-refractivity contribution in [1.29, 1.82) is 0 Å². The Morgan fingerprint density at radius 1 is 1.17 bits per heavy atom. The Hall–Kier alpha value is -2.38. The Morgan fingerprint density at radius 3 is 2.69 bits per heavy atom. The second kappa shape index (κ2) is 8.55. The van der Waals surface area contributed by atoms with E-state index in [2.05, 4.69) is 24.1 Å². The minimum Gasteiger partial charge on any atom is -0.490 e. The molecule has 0 unspecified atom stereocenters. The number of thiazole rings is 1. The van der Waals surface area contributed by atoms with Gasteiger partial charge in [-0.2, -0.15) is 0 Å². The molecule has 0 saturated carbocycles. The molecule has 0 bridgehead atoms. The Balaban J connectivity index is 1.58. The zero-order valence-corrected chi connectivity index (χ0v) is 18.4. The van der Waals surface area contributed by atoms with Gasteiger partial charge < -0.3 is 14.8 Å². The standard InChI is InChI=1S/C22H24N2O3S2/c1-13(2)19(15-7-8-16-17(12-15)27-10-5-9-26-16)24-21(25)20-14(3)23-22(29-20)18-6-4-11-28-18/h4,6-8,11-13,19H,5,9-10H2,1-3H3,(H,24,25)/t19-/m1/s1. The third-order valence-corrected chi connectivity index (χ3v) is 7.01. The molecule has 1 aliphatic heterocycles. The van der Waals surface area contributed by atoms with E-state index in [1.54, 1.807) is 11.3 Å². The van der Waals surface area contributed by atoms with E-state index in [1.165, 1.54) is 11.3 Å². The molecule has 1 N–H and O–H groups in total. The second-order valence-corrected chi connectivity index (χ2v) is 9.31. The third kappa shape index (κ3) is 4.31. The highest BCUT2D eigenvalue weighted by Crippen LogP contribution is 2.35. The zero-order chi connectivity index (χ0) is 20.4. The lowest BCUT2D eigenvalue weighted by Gasteiger charge is -2.23. The minimum absolute atomic E-state index is 0.0892. The average Bonchev–Trinajstić information content (AvgIpc) is 3.30. The summed E-state index contributed by atoms with van der Waals surface area (Å²) in [5, 5.41) is 6.12. The number of carbonyl (C=O) groups excluding carboxylic acids is 1. The topological polar surface area (TPSA) is 60.5 Å². The summed E-state index contributed by atoms with van der Waals surface area (Å²) in [6.07, 6.45) is 0.867. The molecule has 7 heteroatoms. The van der Waals surface area contributed by atoms with Crippen molar-refractivity contribution >= 4 is 28.6 Å². The predicted molar refractivity (Wildman–Crippen MR) is 117 cm³/mol. The largest absolute Gasteiger partial charge is 0.490 e. The van der Waals surface area contributed by atoms with Crippen LogP contribution < -0.4 is 14.8 Å². The normalized spacial score (nSPS) is 14.5. The quantitative estimate of drug-likeness (QED) is 0.585. The van der Waals surface area contributed by atoms with Crippen LogP contribution in [0.15, 0.2) is 35.7 Å². The first kappa shape index (κ1) is 19.9. The van der Waals surface area contributed by atoms with Crippen LogP contribution in [0.4, 0.5) is 0 Å². The first-order chi connectivity index (χ1) is 14.0. The molecule has 1 atom stereocenters. The molecule has 0 spiro atoms. The number of hydrogen-bond acceptors (Lipinski definition) is 6. The summed E-state index contributed by atoms with van der Waals surface area (Å²) in [6.45, 7) is 7.39. The molecule has 0 saturated heterocycles. The highest BCUT2D eigenvalue weighted by atomic mass is 32.1. The predicted octanol–water partition coefficient (Wildman–Crippen LogP) is 5.47. The highest BCUT2D eigenvalue weighted by molar-refractivity contribution is 7.22. The van der Waals surface area contributed by atoms with Crippen molar-refractivity contribution in [2.24, 2.45) is 5.92 Å². The van der Waals surface area contributed by atoms with Crippen LogP contribution in [-0.2, 0) is 0 Å². The minimum atomic E-state index is -0.133. The van der Waals surface area contributed by atoms with Crippen molar-refractivity contribution in [3.05, 3.63) is 51.8 Å². The van der Waals surface area contributed by atoms with E-state index < -0.39 is 0 Å². The van der Waals surface area contributed by atoms with Gasteiger partial charge in [0, 0.05) is 6.42 Å². The highest BCUT2D eigenvalue weighted by Gasteiger charge is 2.24. The van der Waals surface area contributed by atoms with Gasteiger partial charge in [-0.25, -0.2) is 4.98 Å². The van der Waals surface area contributed by atoms with Gasteiger partial charge in [0.2, 0.25) is 0 Å². The summed E-state index contributed by atoms with van der Waals surface area (Å²) in [6, 6.07) is 9.82. The Morgan fingerprint density at radius 2 is 1.97 bits per heavy atom. The summed E-state index contributed by atoms with van der Waals surface area (Å²) in [5.74, 6) is 1.63. The van der Waals surface area contributed by atoms with Crippen molar-refractivity contribution in [3.8, 4) is 21.4 Å². The maximum Gasteiger partial charge on any atom is 0.263 e. The summed E-state index contributed by atoms with van der Waals surface area (Å²) in [4.78, 5) is 19.4. The zero-order valence-electron chi connectivity index (χ0n) is 16.7. The van der Waals surface area contributed by atoms with E-state index in [0.29, 0.717) is 18.1 Å². The second-order valence-electron chi connectivity index (χ2n) is 7.36. The van der Waals surface area contributed by atoms with Crippen LogP contribution in [0.2, 0.25) is 0 Å². The summed E-state index contributed by atoms with van der Waals surface area (Å²) in [7, 11) is 0. The molecular formula is C22H24N2O3S2. The maximum atomic E-state index is 13.1. The lowest BCUT2D eigenvalue weighted by atomic mass is 9.95. The lowest BCUT2D eigenvalue weighted by molar-refractivity contribution is 0.0929. The van der Waals surface area contributed by atoms with Crippen molar-refractivity contribution in [2.75, 3.05) is 13.2 Å². The van der Waals surface area contributed by atoms with Crippen LogP contribution in [0.3, 0.4) is 0 Å². The van der Waals surface area contributed by atoms with Crippen LogP contribution in [-0.4, -0.2) is 24.1 Å². The fraction of sp³-hybridized carbons (Fsp3) is 0.364. The number of fused-ring (bicyclic) bond motifs is 1. The molecule has 1 amide bonds. The fourth-order valence-corrected chi connectivity index (χ4v) is 5.09. The Labute approximate surface area is 178 Å². The maximum absolute atomic E-state index is 13.1. The third-order valence-electron chi connectivity index (χ3n) is 4.82. The van der Waals surface area contributed by atoms with E-state index in [4.69, 9.17) is 9.47 Å². The van der Waals surface area contributed by atoms with Gasteiger partial charge in [-0.1, -0.05) is 26.0 Å². The van der Waals surface area contributed by atoms with Crippen molar-refractivity contribution in [2.45, 2.75) is 33.2 Å². The molecule has 4 rings (SSSR count). The lowest BCUT2D eigenvalue weighted by Crippen LogP contribution is -2.31. The first-order valence-corrected chi connectivity index (χ1v) is 11.4. The van der Waals surface area contributed by atoms with Crippen molar-refractivity contribution in [1.82, 2.24) is 10.3 Å². The van der Waals surface area contributed by atoms with E-state index >= 15 is 0 Å². The van der Waals surface area contributed by atoms with E-state index in [1.807, 2.05) is 42.6 Å². The molecule has 1 aliphatic rings. The van der Waals surface area contributed by atoms with Gasteiger partial charge >= 0.3 is 0 Å². The van der Waals surface area contributed by atoms with Gasteiger partial charge in [0.15, 0.2) is 11.5 Å². The molecule has 5 nitrogen and oxygen atoms in total. The number of rotatable bonds is 5. The molecular weight excluding hydrogens is 404 g/mol. The van der Waals surface area contributed by atoms with Gasteiger partial charge in [0.1, 0.15) is 9.88 Å². The number of aryl methyl sites for hydroxylation is 1. The van der Waals surface area contributed by atoms with Crippen molar-refractivity contribution < 1.29 is 14.3 Å². The molecule has 1 aromatic carbocycles. The Kier molecular flexibility index (Phi) is 5.87. The Bertz CT molecular complexity index is 996. The number of hydrogen-bond donors (Lipinski definition) is 1. The molecule has 0 aliphatic carbocycles. The number of carbonyl (C=O) groups is 1. The van der Waals surface area contributed by atoms with Crippen LogP contribution >= 0.6 is 22.7 Å². The average molecular weight is 429 g/mol. The van der Waals surface area contributed by atoms with Gasteiger partial charge in [-0.15, -0.1) is 22.7 Å². The van der Waals surface area contributed by atoms with Gasteiger partial charge in [-0.3, -0.25) is 4.79 Å². The van der Waals surface area contributed by atoms with Crippen LogP contribution in [0.1, 0.15) is 47.2 Å². The molecule has 0 fully saturated rings. The number of ether oxygens (including phenoxy) is 2. The number of nitrogens with zero attached hydrogens (tertiary/aromatic N) is 1. The fourth-order valence-electron chi connectivity index (χ4n) is 3.33. The number of benzene rings is 1. The number of aromatic nitrogens is 1. The van der Waals surface area contributed by atoms with E-state index in [9.17, 15) is 4.79 Å². The summed E-state index contributed by atoms with van der Waals surface area (Å²) in [5.41, 5.74) is 1.77. The van der Waals surface area contributed by atoms with Crippen molar-refractivity contribution in [3.63, 3.8) is 0 Å². The first-order valence-electron chi connectivity index (χ1n) is 9.74. The number of amides is 1. The number of nitrogens with one attached hydrogen (secondary N) is 1. The number of thiophene rings is 1. The van der Waals surface area contributed by atoms with Gasteiger partial charge in [-0.05, 0) is 42.0 Å². The molecule has 3 aromatic rings. The SMILES string of the molecule is Cc1nc(-c2cccs2)sc1C(=O)N[C@@H](c1ccc2c(c1)OCCCO2)C(C)C. The van der Waals surface area contributed by atoms with E-state index in [-0.39, 0.29) is 17.9 Å². The summed E-state index contributed by atoms with van der Waals surface area (Å²) >= 11 is 3.07. The molecule has 3 heterocycles. The molecule has 152 valence electrons. The van der Waals surface area contributed by atoms with Crippen LogP contribution in [0.5, 0.6) is 11.5 Å². The smallest absolute Gasteiger partial charge is 0.263 e. The van der Waals surface area contributed by atoms with E-state index in [0.717, 1.165) is 39.1 Å².